The Morgan fingerprint density at radius 1 is 0.957 bits per heavy atom. The molecule has 0 atom stereocenters. The van der Waals surface area contributed by atoms with Gasteiger partial charge in [0.15, 0.2) is 10.9 Å². The Hall–Kier alpha value is -2.60. The summed E-state index contributed by atoms with van der Waals surface area (Å²) in [5, 5.41) is 6.51. The summed E-state index contributed by atoms with van der Waals surface area (Å²) in [6.45, 7) is 1.53. The molecule has 6 heteroatoms. The molecule has 0 aliphatic rings. The number of hydrogen-bond acceptors (Lipinski definition) is 4. The molecule has 0 aliphatic heterocycles. The summed E-state index contributed by atoms with van der Waals surface area (Å²) in [5.41, 5.74) is 2.10. The van der Waals surface area contributed by atoms with E-state index < -0.39 is 0 Å². The Kier molecular flexibility index (Phi) is 5.54. The number of ether oxygens (including phenoxy) is 2. The van der Waals surface area contributed by atoms with Crippen LogP contribution in [0.5, 0.6) is 11.5 Å². The molecular formula is C17H18N2O3S. The molecule has 0 saturated carbocycles. The quantitative estimate of drug-likeness (QED) is 0.644. The molecular weight excluding hydrogens is 312 g/mol. The first-order chi connectivity index (χ1) is 11.0. The normalized spacial score (nSPS) is 9.87. The number of methoxy groups -OCH3 is 2. The largest absolute Gasteiger partial charge is 0.497 e. The molecule has 0 fully saturated rings. The Balaban J connectivity index is 2.10. The first-order valence-corrected chi connectivity index (χ1v) is 7.34. The zero-order valence-electron chi connectivity index (χ0n) is 13.2. The van der Waals surface area contributed by atoms with E-state index in [1.165, 1.54) is 6.92 Å². The minimum absolute atomic E-state index is 0.00468. The van der Waals surface area contributed by atoms with E-state index in [2.05, 4.69) is 10.6 Å². The average molecular weight is 330 g/mol. The highest BCUT2D eigenvalue weighted by atomic mass is 32.1. The molecule has 0 amide bonds. The molecule has 0 radical (unpaired) electrons. The Morgan fingerprint density at radius 2 is 1.57 bits per heavy atom. The summed E-state index contributed by atoms with van der Waals surface area (Å²) in [5.74, 6) is 1.33. The lowest BCUT2D eigenvalue weighted by molar-refractivity contribution is 0.101. The highest BCUT2D eigenvalue weighted by Crippen LogP contribution is 2.26. The molecule has 0 heterocycles. The van der Waals surface area contributed by atoms with Gasteiger partial charge in [-0.25, -0.2) is 0 Å². The van der Waals surface area contributed by atoms with Crippen LogP contribution in [0, 0.1) is 0 Å². The third-order valence-corrected chi connectivity index (χ3v) is 3.34. The Labute approximate surface area is 140 Å². The molecule has 5 nitrogen and oxygen atoms in total. The van der Waals surface area contributed by atoms with Gasteiger partial charge in [0.1, 0.15) is 11.5 Å². The summed E-state index contributed by atoms with van der Waals surface area (Å²) in [6.07, 6.45) is 0. The van der Waals surface area contributed by atoms with Crippen LogP contribution in [0.15, 0.2) is 42.5 Å². The topological polar surface area (TPSA) is 59.6 Å². The molecule has 23 heavy (non-hydrogen) atoms. The summed E-state index contributed by atoms with van der Waals surface area (Å²) >= 11 is 5.30. The van der Waals surface area contributed by atoms with E-state index in [9.17, 15) is 4.79 Å². The maximum atomic E-state index is 11.4. The molecule has 2 N–H and O–H groups in total. The zero-order valence-corrected chi connectivity index (χ0v) is 14.0. The number of thiocarbonyl (C=S) groups is 1. The smallest absolute Gasteiger partial charge is 0.175 e. The Bertz CT molecular complexity index is 709. The van der Waals surface area contributed by atoms with Crippen LogP contribution in [-0.4, -0.2) is 25.1 Å². The lowest BCUT2D eigenvalue weighted by Gasteiger charge is -2.13. The fraction of sp³-hybridized carbons (Fsp3) is 0.176. The summed E-state index contributed by atoms with van der Waals surface area (Å²) in [4.78, 5) is 11.4. The van der Waals surface area contributed by atoms with Crippen molar-refractivity contribution in [3.05, 3.63) is 48.0 Å². The van der Waals surface area contributed by atoms with E-state index in [0.29, 0.717) is 22.2 Å². The number of rotatable bonds is 5. The minimum Gasteiger partial charge on any atom is -0.497 e. The first-order valence-electron chi connectivity index (χ1n) is 6.94. The molecule has 0 aliphatic carbocycles. The van der Waals surface area contributed by atoms with Crippen LogP contribution in [0.3, 0.4) is 0 Å². The standard InChI is InChI=1S/C17H18N2O3S/c1-11(20)12-5-4-6-13(7-12)18-17(23)19-14-8-15(21-2)10-16(9-14)22-3/h4-10H,1-3H3,(H2,18,19,23). The van der Waals surface area contributed by atoms with Crippen molar-refractivity contribution in [3.63, 3.8) is 0 Å². The number of hydrogen-bond donors (Lipinski definition) is 2. The summed E-state index contributed by atoms with van der Waals surface area (Å²) in [6, 6.07) is 12.5. The number of carbonyl (C=O) groups excluding carboxylic acids is 1. The highest BCUT2D eigenvalue weighted by Gasteiger charge is 2.05. The molecule has 0 spiro atoms. The van der Waals surface area contributed by atoms with E-state index in [1.54, 1.807) is 38.5 Å². The fourth-order valence-corrected chi connectivity index (χ4v) is 2.22. The van der Waals surface area contributed by atoms with Crippen molar-refractivity contribution in [3.8, 4) is 11.5 Å². The van der Waals surface area contributed by atoms with Gasteiger partial charge < -0.3 is 20.1 Å². The number of ketones is 1. The van der Waals surface area contributed by atoms with E-state index in [4.69, 9.17) is 21.7 Å². The van der Waals surface area contributed by atoms with Crippen LogP contribution >= 0.6 is 12.2 Å². The van der Waals surface area contributed by atoms with Crippen molar-refractivity contribution in [2.75, 3.05) is 24.9 Å². The van der Waals surface area contributed by atoms with Gasteiger partial charge in [-0.1, -0.05) is 12.1 Å². The van der Waals surface area contributed by atoms with Crippen molar-refractivity contribution >= 4 is 34.5 Å². The lowest BCUT2D eigenvalue weighted by Crippen LogP contribution is -2.19. The third-order valence-electron chi connectivity index (χ3n) is 3.14. The third kappa shape index (κ3) is 4.69. The van der Waals surface area contributed by atoms with Gasteiger partial charge in [-0.05, 0) is 31.3 Å². The predicted octanol–water partition coefficient (Wildman–Crippen LogP) is 3.72. The molecule has 0 bridgehead atoms. The monoisotopic (exact) mass is 330 g/mol. The molecule has 120 valence electrons. The number of anilines is 2. The van der Waals surface area contributed by atoms with Crippen LogP contribution in [-0.2, 0) is 0 Å². The van der Waals surface area contributed by atoms with Crippen molar-refractivity contribution in [2.45, 2.75) is 6.92 Å². The number of carbonyl (C=O) groups is 1. The van der Waals surface area contributed by atoms with E-state index >= 15 is 0 Å². The van der Waals surface area contributed by atoms with Gasteiger partial charge in [-0.2, -0.15) is 0 Å². The van der Waals surface area contributed by atoms with Gasteiger partial charge in [0, 0.05) is 35.1 Å². The minimum atomic E-state index is 0.00468. The predicted molar refractivity (Wildman–Crippen MR) is 95.8 cm³/mol. The molecule has 0 saturated heterocycles. The molecule has 2 aromatic rings. The fourth-order valence-electron chi connectivity index (χ4n) is 1.99. The van der Waals surface area contributed by atoms with Gasteiger partial charge in [0.25, 0.3) is 0 Å². The van der Waals surface area contributed by atoms with Crippen molar-refractivity contribution < 1.29 is 14.3 Å². The Morgan fingerprint density at radius 3 is 2.13 bits per heavy atom. The number of nitrogens with one attached hydrogen (secondary N) is 2. The molecule has 2 aromatic carbocycles. The second kappa shape index (κ2) is 7.60. The lowest BCUT2D eigenvalue weighted by atomic mass is 10.1. The zero-order chi connectivity index (χ0) is 16.8. The van der Waals surface area contributed by atoms with E-state index in [0.717, 1.165) is 11.4 Å². The average Bonchev–Trinajstić information content (AvgIpc) is 2.54. The molecule has 2 rings (SSSR count). The van der Waals surface area contributed by atoms with Crippen LogP contribution in [0.2, 0.25) is 0 Å². The van der Waals surface area contributed by atoms with E-state index in [1.807, 2.05) is 18.2 Å². The summed E-state index contributed by atoms with van der Waals surface area (Å²) in [7, 11) is 3.17. The molecule has 0 unspecified atom stereocenters. The van der Waals surface area contributed by atoms with Crippen LogP contribution < -0.4 is 20.1 Å². The SMILES string of the molecule is COc1cc(NC(=S)Nc2cccc(C(C)=O)c2)cc(OC)c1. The maximum absolute atomic E-state index is 11.4. The second-order valence-corrected chi connectivity index (χ2v) is 5.23. The van der Waals surface area contributed by atoms with Gasteiger partial charge in [0.05, 0.1) is 14.2 Å². The van der Waals surface area contributed by atoms with Crippen molar-refractivity contribution in [1.29, 1.82) is 0 Å². The van der Waals surface area contributed by atoms with Gasteiger partial charge >= 0.3 is 0 Å². The van der Waals surface area contributed by atoms with Crippen LogP contribution in [0.1, 0.15) is 17.3 Å². The first kappa shape index (κ1) is 16.8. The van der Waals surface area contributed by atoms with Crippen molar-refractivity contribution in [1.82, 2.24) is 0 Å². The van der Waals surface area contributed by atoms with Crippen molar-refractivity contribution in [2.24, 2.45) is 0 Å². The molecule has 0 aromatic heterocycles. The number of benzene rings is 2. The van der Waals surface area contributed by atoms with Crippen LogP contribution in [0.25, 0.3) is 0 Å². The van der Waals surface area contributed by atoms with Crippen LogP contribution in [0.4, 0.5) is 11.4 Å². The number of Topliss-reactive ketones (excluding diaryl/α,β-unsaturated/α-hetero) is 1. The van der Waals surface area contributed by atoms with E-state index in [-0.39, 0.29) is 5.78 Å². The summed E-state index contributed by atoms with van der Waals surface area (Å²) < 4.78 is 10.4. The second-order valence-electron chi connectivity index (χ2n) is 4.82. The van der Waals surface area contributed by atoms with Gasteiger partial charge in [-0.3, -0.25) is 4.79 Å². The van der Waals surface area contributed by atoms with Gasteiger partial charge in [0.2, 0.25) is 0 Å². The highest BCUT2D eigenvalue weighted by molar-refractivity contribution is 7.80. The maximum Gasteiger partial charge on any atom is 0.175 e. The van der Waals surface area contributed by atoms with Gasteiger partial charge in [-0.15, -0.1) is 0 Å².